The van der Waals surface area contributed by atoms with E-state index in [0.717, 1.165) is 14.9 Å². The zero-order valence-electron chi connectivity index (χ0n) is 10.6. The van der Waals surface area contributed by atoms with E-state index in [1.54, 1.807) is 18.2 Å². The van der Waals surface area contributed by atoms with E-state index >= 15 is 0 Å². The molecule has 20 heavy (non-hydrogen) atoms. The van der Waals surface area contributed by atoms with E-state index in [1.165, 1.54) is 11.3 Å². The van der Waals surface area contributed by atoms with Gasteiger partial charge in [0.05, 0.1) is 21.5 Å². The van der Waals surface area contributed by atoms with Gasteiger partial charge in [0.15, 0.2) is 0 Å². The summed E-state index contributed by atoms with van der Waals surface area (Å²) >= 11 is 7.43. The molecule has 1 aliphatic rings. The average molecular weight is 307 g/mol. The second-order valence-corrected chi connectivity index (χ2v) is 6.30. The Balaban J connectivity index is 1.84. The summed E-state index contributed by atoms with van der Waals surface area (Å²) in [5, 5.41) is 5.57. The molecule has 2 heterocycles. The molecule has 2 amide bonds. The summed E-state index contributed by atoms with van der Waals surface area (Å²) in [6.45, 7) is 2.01. The molecular weight excluding hydrogens is 296 g/mol. The van der Waals surface area contributed by atoms with E-state index in [-0.39, 0.29) is 17.9 Å². The number of halogens is 1. The van der Waals surface area contributed by atoms with Crippen molar-refractivity contribution in [2.24, 2.45) is 0 Å². The first-order valence-electron chi connectivity index (χ1n) is 6.06. The van der Waals surface area contributed by atoms with Gasteiger partial charge in [0.1, 0.15) is 0 Å². The number of amides is 2. The lowest BCUT2D eigenvalue weighted by molar-refractivity contribution is 0.0879. The maximum atomic E-state index is 11.6. The van der Waals surface area contributed by atoms with E-state index in [0.29, 0.717) is 11.1 Å². The van der Waals surface area contributed by atoms with Crippen molar-refractivity contribution in [3.05, 3.63) is 50.7 Å². The van der Waals surface area contributed by atoms with Crippen molar-refractivity contribution in [3.63, 3.8) is 0 Å². The lowest BCUT2D eigenvalue weighted by atomic mass is 10.1. The number of carbonyl (C=O) groups is 2. The van der Waals surface area contributed by atoms with Crippen molar-refractivity contribution in [3.8, 4) is 0 Å². The number of anilines is 1. The third-order valence-corrected chi connectivity index (χ3v) is 4.55. The molecule has 2 aromatic rings. The molecule has 0 saturated carbocycles. The van der Waals surface area contributed by atoms with Gasteiger partial charge in [0.25, 0.3) is 11.8 Å². The molecule has 0 saturated heterocycles. The van der Waals surface area contributed by atoms with Crippen LogP contribution in [0.2, 0.25) is 4.34 Å². The molecule has 6 heteroatoms. The first kappa shape index (κ1) is 13.1. The van der Waals surface area contributed by atoms with Gasteiger partial charge in [-0.2, -0.15) is 0 Å². The number of hydrogen-bond donors (Lipinski definition) is 2. The SMILES string of the molecule is CC(Nc1ccc2c(c1)C(=O)NC2=O)c1ccc(Cl)s1. The highest BCUT2D eigenvalue weighted by Gasteiger charge is 2.26. The Kier molecular flexibility index (Phi) is 3.23. The fourth-order valence-corrected chi connectivity index (χ4v) is 3.20. The summed E-state index contributed by atoms with van der Waals surface area (Å²) in [6, 6.07) is 9.05. The van der Waals surface area contributed by atoms with Crippen molar-refractivity contribution in [1.82, 2.24) is 5.32 Å². The first-order valence-corrected chi connectivity index (χ1v) is 7.25. The van der Waals surface area contributed by atoms with Gasteiger partial charge in [-0.05, 0) is 37.3 Å². The Morgan fingerprint density at radius 1 is 1.15 bits per heavy atom. The van der Waals surface area contributed by atoms with Gasteiger partial charge in [0.2, 0.25) is 0 Å². The van der Waals surface area contributed by atoms with Crippen molar-refractivity contribution >= 4 is 40.4 Å². The molecule has 0 bridgehead atoms. The molecule has 0 radical (unpaired) electrons. The smallest absolute Gasteiger partial charge is 0.259 e. The predicted octanol–water partition coefficient (Wildman–Crippen LogP) is 3.46. The predicted molar refractivity (Wildman–Crippen MR) is 79.6 cm³/mol. The summed E-state index contributed by atoms with van der Waals surface area (Å²) in [5.41, 5.74) is 1.63. The number of thiophene rings is 1. The molecule has 0 aliphatic carbocycles. The van der Waals surface area contributed by atoms with E-state index < -0.39 is 0 Å². The normalized spacial score (nSPS) is 14.9. The average Bonchev–Trinajstić information content (AvgIpc) is 2.95. The number of benzene rings is 1. The van der Waals surface area contributed by atoms with Gasteiger partial charge in [-0.25, -0.2) is 0 Å². The number of imide groups is 1. The maximum absolute atomic E-state index is 11.6. The van der Waals surface area contributed by atoms with Gasteiger partial charge in [-0.1, -0.05) is 11.6 Å². The van der Waals surface area contributed by atoms with Crippen molar-refractivity contribution < 1.29 is 9.59 Å². The molecule has 2 N–H and O–H groups in total. The molecule has 1 atom stereocenters. The molecule has 1 aromatic carbocycles. The molecule has 0 spiro atoms. The van der Waals surface area contributed by atoms with Crippen LogP contribution in [0.25, 0.3) is 0 Å². The molecule has 1 aromatic heterocycles. The van der Waals surface area contributed by atoms with E-state index in [4.69, 9.17) is 11.6 Å². The largest absolute Gasteiger partial charge is 0.378 e. The van der Waals surface area contributed by atoms with E-state index in [1.807, 2.05) is 19.1 Å². The lowest BCUT2D eigenvalue weighted by Crippen LogP contribution is -2.19. The Labute approximate surface area is 124 Å². The van der Waals surface area contributed by atoms with Crippen LogP contribution in [0, 0.1) is 0 Å². The molecule has 3 rings (SSSR count). The van der Waals surface area contributed by atoms with Crippen LogP contribution in [0.3, 0.4) is 0 Å². The zero-order valence-corrected chi connectivity index (χ0v) is 12.1. The quantitative estimate of drug-likeness (QED) is 0.854. The molecule has 4 nitrogen and oxygen atoms in total. The van der Waals surface area contributed by atoms with Gasteiger partial charge < -0.3 is 5.32 Å². The van der Waals surface area contributed by atoms with Gasteiger partial charge >= 0.3 is 0 Å². The highest BCUT2D eigenvalue weighted by Crippen LogP contribution is 2.30. The summed E-state index contributed by atoms with van der Waals surface area (Å²) in [5.74, 6) is -0.685. The van der Waals surface area contributed by atoms with Crippen LogP contribution in [0.5, 0.6) is 0 Å². The fraction of sp³-hybridized carbons (Fsp3) is 0.143. The number of rotatable bonds is 3. The monoisotopic (exact) mass is 306 g/mol. The minimum Gasteiger partial charge on any atom is -0.378 e. The minimum atomic E-state index is -0.347. The van der Waals surface area contributed by atoms with Crippen LogP contribution < -0.4 is 10.6 Å². The van der Waals surface area contributed by atoms with Crippen LogP contribution in [0.4, 0.5) is 5.69 Å². The second-order valence-electron chi connectivity index (χ2n) is 4.55. The van der Waals surface area contributed by atoms with Crippen molar-refractivity contribution in [2.75, 3.05) is 5.32 Å². The third kappa shape index (κ3) is 2.30. The topological polar surface area (TPSA) is 58.2 Å². The molecular formula is C14H11ClN2O2S. The summed E-state index contributed by atoms with van der Waals surface area (Å²) < 4.78 is 0.743. The maximum Gasteiger partial charge on any atom is 0.259 e. The highest BCUT2D eigenvalue weighted by molar-refractivity contribution is 7.16. The summed E-state index contributed by atoms with van der Waals surface area (Å²) in [4.78, 5) is 24.2. The molecule has 1 aliphatic heterocycles. The van der Waals surface area contributed by atoms with Gasteiger partial charge in [-0.3, -0.25) is 14.9 Å². The van der Waals surface area contributed by atoms with Gasteiger partial charge in [-0.15, -0.1) is 11.3 Å². The zero-order chi connectivity index (χ0) is 14.3. The van der Waals surface area contributed by atoms with Crippen molar-refractivity contribution in [1.29, 1.82) is 0 Å². The Morgan fingerprint density at radius 3 is 2.60 bits per heavy atom. The van der Waals surface area contributed by atoms with Crippen LogP contribution in [-0.2, 0) is 0 Å². The van der Waals surface area contributed by atoms with Crippen molar-refractivity contribution in [2.45, 2.75) is 13.0 Å². The third-order valence-electron chi connectivity index (χ3n) is 3.14. The summed E-state index contributed by atoms with van der Waals surface area (Å²) in [7, 11) is 0. The molecule has 102 valence electrons. The second kappa shape index (κ2) is 4.92. The Morgan fingerprint density at radius 2 is 1.90 bits per heavy atom. The first-order chi connectivity index (χ1) is 9.54. The number of nitrogens with one attached hydrogen (secondary N) is 2. The summed E-state index contributed by atoms with van der Waals surface area (Å²) in [6.07, 6.45) is 0. The fourth-order valence-electron chi connectivity index (χ4n) is 2.14. The molecule has 1 unspecified atom stereocenters. The van der Waals surface area contributed by atoms with E-state index in [9.17, 15) is 9.59 Å². The van der Waals surface area contributed by atoms with Gasteiger partial charge in [0, 0.05) is 10.6 Å². The Hall–Kier alpha value is -1.85. The Bertz CT molecular complexity index is 711. The minimum absolute atomic E-state index is 0.0747. The standard InChI is InChI=1S/C14H11ClN2O2S/c1-7(11-4-5-12(15)20-11)16-8-2-3-9-10(6-8)14(19)17-13(9)18/h2-7,16H,1H3,(H,17,18,19). The number of hydrogen-bond acceptors (Lipinski definition) is 4. The lowest BCUT2D eigenvalue weighted by Gasteiger charge is -2.14. The highest BCUT2D eigenvalue weighted by atomic mass is 35.5. The van der Waals surface area contributed by atoms with Crippen LogP contribution in [0.15, 0.2) is 30.3 Å². The van der Waals surface area contributed by atoms with Crippen LogP contribution >= 0.6 is 22.9 Å². The number of carbonyl (C=O) groups excluding carboxylic acids is 2. The van der Waals surface area contributed by atoms with E-state index in [2.05, 4.69) is 10.6 Å². The van der Waals surface area contributed by atoms with Crippen LogP contribution in [0.1, 0.15) is 38.6 Å². The molecule has 0 fully saturated rings. The van der Waals surface area contributed by atoms with Crippen LogP contribution in [-0.4, -0.2) is 11.8 Å². The number of fused-ring (bicyclic) bond motifs is 1.